The summed E-state index contributed by atoms with van der Waals surface area (Å²) in [6, 6.07) is 4.60. The van der Waals surface area contributed by atoms with Crippen LogP contribution in [0.5, 0.6) is 0 Å². The lowest BCUT2D eigenvalue weighted by molar-refractivity contribution is -0.387. The van der Waals surface area contributed by atoms with Gasteiger partial charge in [-0.05, 0) is 6.07 Å². The fourth-order valence-electron chi connectivity index (χ4n) is 0.924. The SMILES string of the molecule is O=C=NS(=O)(=O)c1ccccc1[N+](=O)[O-]. The molecule has 0 fully saturated rings. The summed E-state index contributed by atoms with van der Waals surface area (Å²) >= 11 is 0. The summed E-state index contributed by atoms with van der Waals surface area (Å²) in [7, 11) is -4.33. The number of hydrogen-bond acceptors (Lipinski definition) is 5. The van der Waals surface area contributed by atoms with E-state index in [9.17, 15) is 23.3 Å². The number of sulfonamides is 1. The predicted octanol–water partition coefficient (Wildman–Crippen LogP) is 0.619. The Morgan fingerprint density at radius 3 is 2.47 bits per heavy atom. The number of nitro groups is 1. The van der Waals surface area contributed by atoms with Crippen molar-refractivity contribution in [2.24, 2.45) is 4.40 Å². The van der Waals surface area contributed by atoms with Crippen molar-refractivity contribution in [2.75, 3.05) is 0 Å². The van der Waals surface area contributed by atoms with E-state index >= 15 is 0 Å². The van der Waals surface area contributed by atoms with Crippen molar-refractivity contribution in [1.29, 1.82) is 0 Å². The fraction of sp³-hybridized carbons (Fsp3) is 0. The summed E-state index contributed by atoms with van der Waals surface area (Å²) in [6.07, 6.45) is 0.837. The van der Waals surface area contributed by atoms with Gasteiger partial charge in [-0.25, -0.2) is 4.79 Å². The average Bonchev–Trinajstić information content (AvgIpc) is 2.17. The number of nitro benzene ring substituents is 1. The van der Waals surface area contributed by atoms with Gasteiger partial charge in [-0.15, -0.1) is 0 Å². The van der Waals surface area contributed by atoms with Gasteiger partial charge in [0.25, 0.3) is 21.8 Å². The Kier molecular flexibility index (Phi) is 2.93. The van der Waals surface area contributed by atoms with Gasteiger partial charge in [-0.1, -0.05) is 16.5 Å². The molecule has 0 N–H and O–H groups in total. The number of benzene rings is 1. The van der Waals surface area contributed by atoms with Crippen LogP contribution in [-0.2, 0) is 14.8 Å². The Bertz CT molecular complexity index is 544. The van der Waals surface area contributed by atoms with Crippen molar-refractivity contribution in [3.05, 3.63) is 34.4 Å². The highest BCUT2D eigenvalue weighted by molar-refractivity contribution is 7.90. The Labute approximate surface area is 84.3 Å². The van der Waals surface area contributed by atoms with E-state index in [1.165, 1.54) is 12.1 Å². The standard InChI is InChI=1S/C7H4N2O5S/c10-5-8-15(13,14)7-4-2-1-3-6(7)9(11)12/h1-4H. The molecule has 0 heterocycles. The van der Waals surface area contributed by atoms with Crippen molar-refractivity contribution in [1.82, 2.24) is 0 Å². The van der Waals surface area contributed by atoms with Crippen LogP contribution in [0.4, 0.5) is 5.69 Å². The molecule has 7 nitrogen and oxygen atoms in total. The van der Waals surface area contributed by atoms with Gasteiger partial charge >= 0.3 is 0 Å². The van der Waals surface area contributed by atoms with Crippen molar-refractivity contribution in [2.45, 2.75) is 4.90 Å². The van der Waals surface area contributed by atoms with E-state index in [4.69, 9.17) is 0 Å². The van der Waals surface area contributed by atoms with Crippen LogP contribution in [0.1, 0.15) is 0 Å². The molecule has 78 valence electrons. The van der Waals surface area contributed by atoms with Gasteiger partial charge in [0.2, 0.25) is 0 Å². The highest BCUT2D eigenvalue weighted by Gasteiger charge is 2.24. The van der Waals surface area contributed by atoms with Crippen LogP contribution >= 0.6 is 0 Å². The Balaban J connectivity index is 3.51. The van der Waals surface area contributed by atoms with E-state index in [-0.39, 0.29) is 0 Å². The van der Waals surface area contributed by atoms with Gasteiger partial charge < -0.3 is 0 Å². The van der Waals surface area contributed by atoms with E-state index in [0.29, 0.717) is 0 Å². The van der Waals surface area contributed by atoms with E-state index in [1.54, 1.807) is 0 Å². The molecular formula is C7H4N2O5S. The van der Waals surface area contributed by atoms with Crippen LogP contribution in [0.2, 0.25) is 0 Å². The summed E-state index contributed by atoms with van der Waals surface area (Å²) < 4.78 is 25.0. The molecule has 0 spiro atoms. The van der Waals surface area contributed by atoms with Crippen molar-refractivity contribution < 1.29 is 18.1 Å². The number of isocyanates is 1. The minimum absolute atomic E-state index is 0.627. The van der Waals surface area contributed by atoms with Crippen molar-refractivity contribution in [3.8, 4) is 0 Å². The molecule has 0 aliphatic carbocycles. The van der Waals surface area contributed by atoms with Crippen LogP contribution in [0.25, 0.3) is 0 Å². The topological polar surface area (TPSA) is 107 Å². The molecule has 0 bridgehead atoms. The minimum atomic E-state index is -4.33. The maximum Gasteiger partial charge on any atom is 0.299 e. The first kappa shape index (κ1) is 11.0. The second-order valence-corrected chi connectivity index (χ2v) is 3.96. The van der Waals surface area contributed by atoms with E-state index in [0.717, 1.165) is 18.2 Å². The highest BCUT2D eigenvalue weighted by atomic mass is 32.2. The Morgan fingerprint density at radius 2 is 1.93 bits per heavy atom. The summed E-state index contributed by atoms with van der Waals surface area (Å²) in [5.41, 5.74) is -0.628. The van der Waals surface area contributed by atoms with Crippen LogP contribution in [0, 0.1) is 10.1 Å². The van der Waals surface area contributed by atoms with Crippen LogP contribution in [-0.4, -0.2) is 19.4 Å². The summed E-state index contributed by atoms with van der Waals surface area (Å²) in [4.78, 5) is 18.8. The quantitative estimate of drug-likeness (QED) is 0.326. The molecule has 0 amide bonds. The molecule has 1 rings (SSSR count). The zero-order chi connectivity index (χ0) is 11.5. The van der Waals surface area contributed by atoms with E-state index < -0.39 is 25.5 Å². The normalized spacial score (nSPS) is 10.4. The van der Waals surface area contributed by atoms with Gasteiger partial charge in [0.15, 0.2) is 4.90 Å². The van der Waals surface area contributed by atoms with Crippen LogP contribution in [0.3, 0.4) is 0 Å². The van der Waals surface area contributed by atoms with Gasteiger partial charge in [0, 0.05) is 6.07 Å². The summed E-state index contributed by atoms with van der Waals surface area (Å²) in [5, 5.41) is 10.5. The smallest absolute Gasteiger partial charge is 0.258 e. The number of hydrogen-bond donors (Lipinski definition) is 0. The molecule has 0 saturated carbocycles. The summed E-state index contributed by atoms with van der Waals surface area (Å²) in [6.45, 7) is 0. The van der Waals surface area contributed by atoms with Gasteiger partial charge in [0.05, 0.1) is 4.92 Å². The summed E-state index contributed by atoms with van der Waals surface area (Å²) in [5.74, 6) is 0. The number of nitrogens with zero attached hydrogens (tertiary/aromatic N) is 2. The fourth-order valence-corrected chi connectivity index (χ4v) is 1.78. The molecule has 0 unspecified atom stereocenters. The maximum atomic E-state index is 11.2. The van der Waals surface area contributed by atoms with Crippen LogP contribution in [0.15, 0.2) is 33.6 Å². The lowest BCUT2D eigenvalue weighted by Crippen LogP contribution is -2.01. The average molecular weight is 228 g/mol. The van der Waals surface area contributed by atoms with E-state index in [1.807, 2.05) is 0 Å². The molecule has 0 aliphatic rings. The van der Waals surface area contributed by atoms with Crippen molar-refractivity contribution in [3.63, 3.8) is 0 Å². The van der Waals surface area contributed by atoms with Gasteiger partial charge in [0.1, 0.15) is 0 Å². The third-order valence-corrected chi connectivity index (χ3v) is 2.71. The van der Waals surface area contributed by atoms with Crippen molar-refractivity contribution >= 4 is 21.8 Å². The van der Waals surface area contributed by atoms with Crippen LogP contribution < -0.4 is 0 Å². The zero-order valence-corrected chi connectivity index (χ0v) is 7.97. The number of carbonyl (C=O) groups excluding carboxylic acids is 1. The highest BCUT2D eigenvalue weighted by Crippen LogP contribution is 2.24. The molecule has 0 aromatic heterocycles. The largest absolute Gasteiger partial charge is 0.299 e. The first-order chi connectivity index (χ1) is 6.99. The molecule has 15 heavy (non-hydrogen) atoms. The third-order valence-electron chi connectivity index (χ3n) is 1.50. The molecule has 0 radical (unpaired) electrons. The first-order valence-electron chi connectivity index (χ1n) is 3.56. The second-order valence-electron chi connectivity index (χ2n) is 2.38. The Hall–Kier alpha value is -2.05. The second kappa shape index (κ2) is 3.99. The molecule has 1 aromatic carbocycles. The molecule has 1 aromatic rings. The number of rotatable bonds is 3. The third kappa shape index (κ3) is 2.25. The van der Waals surface area contributed by atoms with Gasteiger partial charge in [-0.3, -0.25) is 10.1 Å². The molecule has 0 saturated heterocycles. The maximum absolute atomic E-state index is 11.2. The van der Waals surface area contributed by atoms with E-state index in [2.05, 4.69) is 4.40 Å². The lowest BCUT2D eigenvalue weighted by Gasteiger charge is -1.97. The first-order valence-corrected chi connectivity index (χ1v) is 5.00. The zero-order valence-electron chi connectivity index (χ0n) is 7.15. The number of para-hydroxylation sites is 1. The molecule has 0 aliphatic heterocycles. The minimum Gasteiger partial charge on any atom is -0.258 e. The molecule has 8 heteroatoms. The monoisotopic (exact) mass is 228 g/mol. The Morgan fingerprint density at radius 1 is 1.33 bits per heavy atom. The predicted molar refractivity (Wildman–Crippen MR) is 48.4 cm³/mol. The molecular weight excluding hydrogens is 224 g/mol. The van der Waals surface area contributed by atoms with Gasteiger partial charge in [-0.2, -0.15) is 8.42 Å². The molecule has 0 atom stereocenters. The lowest BCUT2D eigenvalue weighted by atomic mass is 10.3.